The maximum absolute atomic E-state index is 12.6. The third-order valence-electron chi connectivity index (χ3n) is 4.70. The Morgan fingerprint density at radius 3 is 2.80 bits per heavy atom. The Hall–Kier alpha value is -1.92. The number of carbonyl (C=O) groups is 1. The first-order valence-electron chi connectivity index (χ1n) is 9.26. The first-order valence-corrected chi connectivity index (χ1v) is 9.26. The maximum Gasteiger partial charge on any atom is 0.271 e. The van der Waals surface area contributed by atoms with Gasteiger partial charge in [0.2, 0.25) is 0 Å². The van der Waals surface area contributed by atoms with E-state index in [9.17, 15) is 4.79 Å². The Kier molecular flexibility index (Phi) is 6.04. The van der Waals surface area contributed by atoms with Gasteiger partial charge < -0.3 is 19.5 Å². The Morgan fingerprint density at radius 1 is 1.24 bits per heavy atom. The summed E-state index contributed by atoms with van der Waals surface area (Å²) in [4.78, 5) is 21.7. The number of rotatable bonds is 8. The fraction of sp³-hybridized carbons (Fsp3) is 0.579. The molecule has 6 heteroatoms. The molecule has 1 amide bonds. The largest absolute Gasteiger partial charge is 0.351 e. The van der Waals surface area contributed by atoms with Crippen molar-refractivity contribution in [3.05, 3.63) is 35.8 Å². The molecule has 1 aliphatic rings. The molecular weight excluding hydrogens is 314 g/mol. The zero-order chi connectivity index (χ0) is 17.6. The predicted octanol–water partition coefficient (Wildman–Crippen LogP) is 2.00. The molecule has 0 saturated carbocycles. The summed E-state index contributed by atoms with van der Waals surface area (Å²) in [5.74, 6) is -0.0678. The van der Waals surface area contributed by atoms with Crippen molar-refractivity contribution in [3.8, 4) is 0 Å². The highest BCUT2D eigenvalue weighted by Crippen LogP contribution is 2.14. The van der Waals surface area contributed by atoms with E-state index in [1.165, 1.54) is 25.9 Å². The Morgan fingerprint density at radius 2 is 2.04 bits per heavy atom. The van der Waals surface area contributed by atoms with Gasteiger partial charge in [-0.25, -0.2) is 4.98 Å². The maximum atomic E-state index is 12.6. The highest BCUT2D eigenvalue weighted by atomic mass is 16.1. The van der Waals surface area contributed by atoms with Crippen LogP contribution in [0.15, 0.2) is 24.4 Å². The Bertz CT molecular complexity index is 703. The van der Waals surface area contributed by atoms with Gasteiger partial charge in [0, 0.05) is 19.3 Å². The van der Waals surface area contributed by atoms with E-state index in [-0.39, 0.29) is 5.91 Å². The molecule has 1 aliphatic heterocycles. The molecule has 1 saturated heterocycles. The third-order valence-corrected chi connectivity index (χ3v) is 4.70. The van der Waals surface area contributed by atoms with Crippen LogP contribution >= 0.6 is 0 Å². The van der Waals surface area contributed by atoms with Gasteiger partial charge in [-0.3, -0.25) is 4.79 Å². The van der Waals surface area contributed by atoms with Gasteiger partial charge in [-0.05, 0) is 71.5 Å². The molecule has 0 radical (unpaired) electrons. The molecule has 1 N–H and O–H groups in total. The number of likely N-dealkylation sites (tertiary alicyclic amines) is 1. The quantitative estimate of drug-likeness (QED) is 0.745. The number of aromatic nitrogens is 2. The molecular formula is C19H29N5O. The number of unbranched alkanes of at least 4 members (excludes halogenated alkanes) is 1. The van der Waals surface area contributed by atoms with E-state index in [1.54, 1.807) is 0 Å². The van der Waals surface area contributed by atoms with Crippen molar-refractivity contribution in [3.63, 3.8) is 0 Å². The van der Waals surface area contributed by atoms with Crippen LogP contribution in [0.25, 0.3) is 5.65 Å². The van der Waals surface area contributed by atoms with Gasteiger partial charge in [0.15, 0.2) is 5.69 Å². The van der Waals surface area contributed by atoms with E-state index in [4.69, 9.17) is 0 Å². The molecule has 0 aromatic carbocycles. The van der Waals surface area contributed by atoms with Crippen LogP contribution in [0.1, 0.15) is 41.9 Å². The van der Waals surface area contributed by atoms with E-state index in [0.717, 1.165) is 30.7 Å². The van der Waals surface area contributed by atoms with Crippen molar-refractivity contribution in [1.29, 1.82) is 0 Å². The van der Waals surface area contributed by atoms with E-state index >= 15 is 0 Å². The van der Waals surface area contributed by atoms with Gasteiger partial charge in [-0.1, -0.05) is 6.07 Å². The van der Waals surface area contributed by atoms with Gasteiger partial charge in [-0.15, -0.1) is 0 Å². The lowest BCUT2D eigenvalue weighted by Crippen LogP contribution is -2.28. The number of nitrogens with zero attached hydrogens (tertiary/aromatic N) is 4. The van der Waals surface area contributed by atoms with Crippen LogP contribution in [-0.4, -0.2) is 65.4 Å². The molecule has 2 aromatic rings. The summed E-state index contributed by atoms with van der Waals surface area (Å²) < 4.78 is 2.00. The van der Waals surface area contributed by atoms with Crippen molar-refractivity contribution in [2.24, 2.45) is 0 Å². The average molecular weight is 343 g/mol. The van der Waals surface area contributed by atoms with Crippen molar-refractivity contribution < 1.29 is 4.79 Å². The number of hydrogen-bond donors (Lipinski definition) is 1. The molecule has 0 spiro atoms. The minimum absolute atomic E-state index is 0.0678. The number of imidazole rings is 1. The standard InChI is InChI=1S/C19H29N5O/c1-22(2)15-16-18(21-17-9-3-5-14-24(16)17)19(25)20-10-4-6-11-23-12-7-8-13-23/h3,5,9,14H,4,6-8,10-13,15H2,1-2H3,(H,20,25). The Labute approximate surface area is 149 Å². The molecule has 0 aliphatic carbocycles. The summed E-state index contributed by atoms with van der Waals surface area (Å²) in [6.07, 6.45) is 6.78. The van der Waals surface area contributed by atoms with Crippen LogP contribution in [0.4, 0.5) is 0 Å². The van der Waals surface area contributed by atoms with Gasteiger partial charge in [0.25, 0.3) is 5.91 Å². The minimum Gasteiger partial charge on any atom is -0.351 e. The summed E-state index contributed by atoms with van der Waals surface area (Å²) in [6.45, 7) is 5.02. The zero-order valence-corrected chi connectivity index (χ0v) is 15.4. The summed E-state index contributed by atoms with van der Waals surface area (Å²) >= 11 is 0. The number of carbonyl (C=O) groups excluding carboxylic acids is 1. The molecule has 0 unspecified atom stereocenters. The molecule has 3 rings (SSSR count). The summed E-state index contributed by atoms with van der Waals surface area (Å²) in [7, 11) is 4.00. The summed E-state index contributed by atoms with van der Waals surface area (Å²) in [5, 5.41) is 3.05. The number of pyridine rings is 1. The van der Waals surface area contributed by atoms with Gasteiger partial charge in [0.1, 0.15) is 5.65 Å². The molecule has 2 aromatic heterocycles. The summed E-state index contributed by atoms with van der Waals surface area (Å²) in [6, 6.07) is 5.85. The highest BCUT2D eigenvalue weighted by Gasteiger charge is 2.19. The second kappa shape index (κ2) is 8.45. The van der Waals surface area contributed by atoms with Gasteiger partial charge in [0.05, 0.1) is 5.69 Å². The number of fused-ring (bicyclic) bond motifs is 1. The SMILES string of the molecule is CN(C)Cc1c(C(=O)NCCCCN2CCCC2)nc2ccccn12. The van der Waals surface area contributed by atoms with Crippen molar-refractivity contribution >= 4 is 11.6 Å². The van der Waals surface area contributed by atoms with Gasteiger partial charge >= 0.3 is 0 Å². The topological polar surface area (TPSA) is 52.9 Å². The molecule has 0 atom stereocenters. The lowest BCUT2D eigenvalue weighted by molar-refractivity contribution is 0.0946. The Balaban J connectivity index is 1.57. The van der Waals surface area contributed by atoms with Crippen LogP contribution in [0, 0.1) is 0 Å². The van der Waals surface area contributed by atoms with Crippen molar-refractivity contribution in [1.82, 2.24) is 24.5 Å². The fourth-order valence-electron chi connectivity index (χ4n) is 3.43. The molecule has 3 heterocycles. The summed E-state index contributed by atoms with van der Waals surface area (Å²) in [5.41, 5.74) is 2.30. The second-order valence-corrected chi connectivity index (χ2v) is 7.09. The normalized spacial score (nSPS) is 15.3. The number of amides is 1. The number of nitrogens with one attached hydrogen (secondary N) is 1. The van der Waals surface area contributed by atoms with Crippen molar-refractivity contribution in [2.75, 3.05) is 40.3 Å². The molecule has 136 valence electrons. The second-order valence-electron chi connectivity index (χ2n) is 7.09. The average Bonchev–Trinajstić information content (AvgIpc) is 3.22. The molecule has 6 nitrogen and oxygen atoms in total. The van der Waals surface area contributed by atoms with E-state index in [2.05, 4.69) is 20.1 Å². The zero-order valence-electron chi connectivity index (χ0n) is 15.4. The lowest BCUT2D eigenvalue weighted by atomic mass is 10.2. The van der Waals surface area contributed by atoms with Crippen LogP contribution in [0.5, 0.6) is 0 Å². The first-order chi connectivity index (χ1) is 12.1. The van der Waals surface area contributed by atoms with Crippen molar-refractivity contribution in [2.45, 2.75) is 32.2 Å². The van der Waals surface area contributed by atoms with Gasteiger partial charge in [-0.2, -0.15) is 0 Å². The molecule has 1 fully saturated rings. The first kappa shape index (κ1) is 17.9. The monoisotopic (exact) mass is 343 g/mol. The van der Waals surface area contributed by atoms with Crippen LogP contribution < -0.4 is 5.32 Å². The lowest BCUT2D eigenvalue weighted by Gasteiger charge is -2.14. The van der Waals surface area contributed by atoms with Crippen LogP contribution in [-0.2, 0) is 6.54 Å². The van der Waals surface area contributed by atoms with E-state index in [1.807, 2.05) is 42.9 Å². The minimum atomic E-state index is -0.0678. The van der Waals surface area contributed by atoms with E-state index in [0.29, 0.717) is 18.8 Å². The highest BCUT2D eigenvalue weighted by molar-refractivity contribution is 5.94. The predicted molar refractivity (Wildman–Crippen MR) is 99.8 cm³/mol. The van der Waals surface area contributed by atoms with Crippen LogP contribution in [0.3, 0.4) is 0 Å². The molecule has 25 heavy (non-hydrogen) atoms. The molecule has 0 bridgehead atoms. The third kappa shape index (κ3) is 4.58. The smallest absolute Gasteiger partial charge is 0.271 e. The fourth-order valence-corrected chi connectivity index (χ4v) is 3.43. The number of hydrogen-bond acceptors (Lipinski definition) is 4. The van der Waals surface area contributed by atoms with E-state index < -0.39 is 0 Å². The van der Waals surface area contributed by atoms with Crippen LogP contribution in [0.2, 0.25) is 0 Å².